The van der Waals surface area contributed by atoms with E-state index in [4.69, 9.17) is 4.74 Å². The monoisotopic (exact) mass is 323 g/mol. The molecule has 0 bridgehead atoms. The second kappa shape index (κ2) is 7.52. The molecule has 1 saturated carbocycles. The van der Waals surface area contributed by atoms with E-state index in [1.807, 2.05) is 19.1 Å². The molecule has 1 N–H and O–H groups in total. The number of carbonyl (C=O) groups is 1. The van der Waals surface area contributed by atoms with E-state index in [1.165, 1.54) is 31.2 Å². The SMILES string of the molecule is CNC(=O)c1cc(Cc2ccc(OC3CCCC3)cc2)ccc1C. The Kier molecular flexibility index (Phi) is 5.19. The van der Waals surface area contributed by atoms with Crippen LogP contribution in [-0.2, 0) is 6.42 Å². The summed E-state index contributed by atoms with van der Waals surface area (Å²) >= 11 is 0. The van der Waals surface area contributed by atoms with Crippen LogP contribution in [-0.4, -0.2) is 19.1 Å². The predicted octanol–water partition coefficient (Wildman–Crippen LogP) is 4.27. The van der Waals surface area contributed by atoms with Crippen LogP contribution in [0.3, 0.4) is 0 Å². The molecule has 1 aliphatic rings. The van der Waals surface area contributed by atoms with Gasteiger partial charge in [0.05, 0.1) is 6.10 Å². The Hall–Kier alpha value is -2.29. The number of hydrogen-bond acceptors (Lipinski definition) is 2. The molecule has 0 aromatic heterocycles. The third kappa shape index (κ3) is 3.97. The number of hydrogen-bond donors (Lipinski definition) is 1. The van der Waals surface area contributed by atoms with Gasteiger partial charge in [0.15, 0.2) is 0 Å². The standard InChI is InChI=1S/C21H25NO2/c1-15-7-8-17(14-20(15)21(23)22-2)13-16-9-11-19(12-10-16)24-18-5-3-4-6-18/h7-12,14,18H,3-6,13H2,1-2H3,(H,22,23). The van der Waals surface area contributed by atoms with Gasteiger partial charge in [-0.15, -0.1) is 0 Å². The molecule has 0 aliphatic heterocycles. The molecule has 0 radical (unpaired) electrons. The van der Waals surface area contributed by atoms with Gasteiger partial charge in [0.25, 0.3) is 5.91 Å². The second-order valence-electron chi connectivity index (χ2n) is 6.57. The molecule has 126 valence electrons. The van der Waals surface area contributed by atoms with Crippen LogP contribution in [0.4, 0.5) is 0 Å². The Bertz CT molecular complexity index is 700. The van der Waals surface area contributed by atoms with Gasteiger partial charge in [0.1, 0.15) is 5.75 Å². The molecule has 0 unspecified atom stereocenters. The maximum Gasteiger partial charge on any atom is 0.251 e. The fraction of sp³-hybridized carbons (Fsp3) is 0.381. The lowest BCUT2D eigenvalue weighted by molar-refractivity contribution is 0.0962. The first-order chi connectivity index (χ1) is 11.7. The molecular formula is C21H25NO2. The summed E-state index contributed by atoms with van der Waals surface area (Å²) in [5.41, 5.74) is 4.11. The average Bonchev–Trinajstić information content (AvgIpc) is 3.10. The van der Waals surface area contributed by atoms with Crippen molar-refractivity contribution < 1.29 is 9.53 Å². The van der Waals surface area contributed by atoms with Gasteiger partial charge in [0.2, 0.25) is 0 Å². The summed E-state index contributed by atoms with van der Waals surface area (Å²) in [6, 6.07) is 14.4. The van der Waals surface area contributed by atoms with Crippen LogP contribution >= 0.6 is 0 Å². The number of nitrogens with one attached hydrogen (secondary N) is 1. The molecule has 24 heavy (non-hydrogen) atoms. The molecule has 3 rings (SSSR count). The van der Waals surface area contributed by atoms with E-state index in [9.17, 15) is 4.79 Å². The van der Waals surface area contributed by atoms with Gasteiger partial charge in [0, 0.05) is 12.6 Å². The molecule has 3 nitrogen and oxygen atoms in total. The Balaban J connectivity index is 1.68. The predicted molar refractivity (Wildman–Crippen MR) is 96.7 cm³/mol. The minimum Gasteiger partial charge on any atom is -0.490 e. The van der Waals surface area contributed by atoms with E-state index in [0.29, 0.717) is 6.10 Å². The molecule has 2 aromatic rings. The van der Waals surface area contributed by atoms with Crippen LogP contribution < -0.4 is 10.1 Å². The molecule has 1 fully saturated rings. The molecular weight excluding hydrogens is 298 g/mol. The van der Waals surface area contributed by atoms with Crippen molar-refractivity contribution in [2.45, 2.75) is 45.1 Å². The van der Waals surface area contributed by atoms with Crippen LogP contribution in [0.15, 0.2) is 42.5 Å². The highest BCUT2D eigenvalue weighted by molar-refractivity contribution is 5.95. The van der Waals surface area contributed by atoms with Gasteiger partial charge in [-0.3, -0.25) is 4.79 Å². The first-order valence-corrected chi connectivity index (χ1v) is 8.73. The topological polar surface area (TPSA) is 38.3 Å². The summed E-state index contributed by atoms with van der Waals surface area (Å²) in [4.78, 5) is 11.9. The number of amides is 1. The van der Waals surface area contributed by atoms with E-state index < -0.39 is 0 Å². The third-order valence-electron chi connectivity index (χ3n) is 4.71. The number of aryl methyl sites for hydroxylation is 1. The highest BCUT2D eigenvalue weighted by Crippen LogP contribution is 2.24. The van der Waals surface area contributed by atoms with Crippen molar-refractivity contribution in [2.24, 2.45) is 0 Å². The van der Waals surface area contributed by atoms with Gasteiger partial charge in [-0.2, -0.15) is 0 Å². The largest absolute Gasteiger partial charge is 0.490 e. The molecule has 2 aromatic carbocycles. The normalized spacial score (nSPS) is 14.6. The highest BCUT2D eigenvalue weighted by atomic mass is 16.5. The Morgan fingerprint density at radius 3 is 2.42 bits per heavy atom. The fourth-order valence-electron chi connectivity index (χ4n) is 3.28. The molecule has 0 spiro atoms. The van der Waals surface area contributed by atoms with Crippen molar-refractivity contribution in [3.8, 4) is 5.75 Å². The summed E-state index contributed by atoms with van der Waals surface area (Å²) in [6.07, 6.45) is 6.12. The minimum atomic E-state index is -0.0327. The lowest BCUT2D eigenvalue weighted by Crippen LogP contribution is -2.19. The van der Waals surface area contributed by atoms with Crippen molar-refractivity contribution >= 4 is 5.91 Å². The lowest BCUT2D eigenvalue weighted by atomic mass is 9.99. The number of benzene rings is 2. The number of rotatable bonds is 5. The van der Waals surface area contributed by atoms with Crippen molar-refractivity contribution in [3.05, 3.63) is 64.7 Å². The average molecular weight is 323 g/mol. The van der Waals surface area contributed by atoms with Crippen LogP contribution in [0.1, 0.15) is 52.7 Å². The van der Waals surface area contributed by atoms with Gasteiger partial charge in [-0.25, -0.2) is 0 Å². The maximum absolute atomic E-state index is 11.9. The van der Waals surface area contributed by atoms with E-state index in [2.05, 4.69) is 35.6 Å². The van der Waals surface area contributed by atoms with Crippen LogP contribution in [0.5, 0.6) is 5.75 Å². The maximum atomic E-state index is 11.9. The number of carbonyl (C=O) groups excluding carboxylic acids is 1. The molecule has 0 saturated heterocycles. The quantitative estimate of drug-likeness (QED) is 0.892. The van der Waals surface area contributed by atoms with Crippen LogP contribution in [0.25, 0.3) is 0 Å². The zero-order valence-corrected chi connectivity index (χ0v) is 14.5. The first-order valence-electron chi connectivity index (χ1n) is 8.73. The van der Waals surface area contributed by atoms with E-state index in [0.717, 1.165) is 28.9 Å². The molecule has 3 heteroatoms. The third-order valence-corrected chi connectivity index (χ3v) is 4.71. The minimum absolute atomic E-state index is 0.0327. The zero-order chi connectivity index (χ0) is 16.9. The summed E-state index contributed by atoms with van der Waals surface area (Å²) in [7, 11) is 1.66. The second-order valence-corrected chi connectivity index (χ2v) is 6.57. The van der Waals surface area contributed by atoms with Crippen molar-refractivity contribution in [2.75, 3.05) is 7.05 Å². The first kappa shape index (κ1) is 16.6. The zero-order valence-electron chi connectivity index (χ0n) is 14.5. The summed E-state index contributed by atoms with van der Waals surface area (Å²) in [5, 5.41) is 2.70. The van der Waals surface area contributed by atoms with Gasteiger partial charge in [-0.1, -0.05) is 24.3 Å². The van der Waals surface area contributed by atoms with Crippen molar-refractivity contribution in [3.63, 3.8) is 0 Å². The van der Waals surface area contributed by atoms with Gasteiger partial charge in [-0.05, 0) is 73.9 Å². The van der Waals surface area contributed by atoms with E-state index in [-0.39, 0.29) is 5.91 Å². The van der Waals surface area contributed by atoms with E-state index in [1.54, 1.807) is 7.05 Å². The lowest BCUT2D eigenvalue weighted by Gasteiger charge is -2.13. The summed E-state index contributed by atoms with van der Waals surface area (Å²) in [5.74, 6) is 0.926. The number of ether oxygens (including phenoxy) is 1. The molecule has 0 heterocycles. The van der Waals surface area contributed by atoms with Gasteiger partial charge >= 0.3 is 0 Å². The van der Waals surface area contributed by atoms with Crippen LogP contribution in [0.2, 0.25) is 0 Å². The fourth-order valence-corrected chi connectivity index (χ4v) is 3.28. The van der Waals surface area contributed by atoms with Crippen molar-refractivity contribution in [1.82, 2.24) is 5.32 Å². The Morgan fingerprint density at radius 2 is 1.75 bits per heavy atom. The van der Waals surface area contributed by atoms with Gasteiger partial charge < -0.3 is 10.1 Å². The van der Waals surface area contributed by atoms with Crippen molar-refractivity contribution in [1.29, 1.82) is 0 Å². The Morgan fingerprint density at radius 1 is 1.08 bits per heavy atom. The van der Waals surface area contributed by atoms with E-state index >= 15 is 0 Å². The smallest absolute Gasteiger partial charge is 0.251 e. The van der Waals surface area contributed by atoms with Crippen LogP contribution in [0, 0.1) is 6.92 Å². The molecule has 1 amide bonds. The Labute approximate surface area is 144 Å². The molecule has 0 atom stereocenters. The molecule has 1 aliphatic carbocycles. The highest BCUT2D eigenvalue weighted by Gasteiger charge is 2.16. The summed E-state index contributed by atoms with van der Waals surface area (Å²) < 4.78 is 6.01. The summed E-state index contributed by atoms with van der Waals surface area (Å²) in [6.45, 7) is 1.96.